The lowest BCUT2D eigenvalue weighted by Gasteiger charge is -2.37. The number of esters is 1. The number of halogens is 1. The van der Waals surface area contributed by atoms with Crippen molar-refractivity contribution in [1.82, 2.24) is 0 Å². The SMILES string of the molecule is COc1cc([C@H]2C3=C(C[C@@H](c4ccccc4)CC3=O)N=C(C)C2C(=O)OC2CCCCC2)cc(Br)c1O. The average Bonchev–Trinajstić information content (AvgIpc) is 2.90. The van der Waals surface area contributed by atoms with Crippen LogP contribution in [0.15, 0.2) is 63.2 Å². The maximum Gasteiger partial charge on any atom is 0.315 e. The van der Waals surface area contributed by atoms with Crippen LogP contribution in [0.1, 0.15) is 74.8 Å². The molecule has 3 aliphatic rings. The van der Waals surface area contributed by atoms with Gasteiger partial charge in [-0.2, -0.15) is 0 Å². The number of Topliss-reactive ketones (excluding diaryl/α,β-unsaturated/α-hetero) is 1. The molecule has 0 amide bonds. The number of ketones is 1. The summed E-state index contributed by atoms with van der Waals surface area (Å²) in [5.74, 6) is -1.35. The first kappa shape index (κ1) is 25.7. The van der Waals surface area contributed by atoms with Gasteiger partial charge in [0.25, 0.3) is 0 Å². The normalized spacial score (nSPS) is 24.4. The molecule has 0 aromatic heterocycles. The van der Waals surface area contributed by atoms with Gasteiger partial charge in [0.05, 0.1) is 11.6 Å². The number of phenolic OH excluding ortho intramolecular Hbond substituents is 1. The van der Waals surface area contributed by atoms with Gasteiger partial charge in [0.2, 0.25) is 0 Å². The van der Waals surface area contributed by atoms with Crippen LogP contribution in [0.5, 0.6) is 11.5 Å². The second kappa shape index (κ2) is 10.8. The van der Waals surface area contributed by atoms with Crippen molar-refractivity contribution in [2.75, 3.05) is 7.11 Å². The first-order chi connectivity index (χ1) is 17.9. The highest BCUT2D eigenvalue weighted by atomic mass is 79.9. The van der Waals surface area contributed by atoms with Crippen molar-refractivity contribution in [2.24, 2.45) is 10.9 Å². The average molecular weight is 566 g/mol. The van der Waals surface area contributed by atoms with E-state index in [9.17, 15) is 14.7 Å². The number of hydrogen-bond acceptors (Lipinski definition) is 6. The minimum atomic E-state index is -0.723. The van der Waals surface area contributed by atoms with Gasteiger partial charge in [0.15, 0.2) is 17.3 Å². The van der Waals surface area contributed by atoms with Gasteiger partial charge in [-0.1, -0.05) is 36.8 Å². The summed E-state index contributed by atoms with van der Waals surface area (Å²) in [6.07, 6.45) is 5.87. The van der Waals surface area contributed by atoms with Crippen molar-refractivity contribution in [2.45, 2.75) is 69.8 Å². The number of allylic oxidation sites excluding steroid dienone is 2. The fourth-order valence-corrected chi connectivity index (χ4v) is 6.50. The number of carbonyl (C=O) groups excluding carboxylic acids is 2. The summed E-state index contributed by atoms with van der Waals surface area (Å²) in [6.45, 7) is 1.85. The first-order valence-electron chi connectivity index (χ1n) is 13.0. The predicted molar refractivity (Wildman–Crippen MR) is 145 cm³/mol. The molecule has 37 heavy (non-hydrogen) atoms. The second-order valence-corrected chi connectivity index (χ2v) is 11.1. The molecule has 5 rings (SSSR count). The summed E-state index contributed by atoms with van der Waals surface area (Å²) in [5, 5.41) is 10.4. The van der Waals surface area contributed by atoms with E-state index in [-0.39, 0.29) is 35.3 Å². The molecule has 0 saturated heterocycles. The van der Waals surface area contributed by atoms with Crippen LogP contribution in [0.3, 0.4) is 0 Å². The minimum Gasteiger partial charge on any atom is -0.503 e. The molecule has 6 nitrogen and oxygen atoms in total. The van der Waals surface area contributed by atoms with E-state index in [1.165, 1.54) is 7.11 Å². The first-order valence-corrected chi connectivity index (χ1v) is 13.8. The zero-order valence-corrected chi connectivity index (χ0v) is 22.8. The number of aromatic hydroxyl groups is 1. The Kier molecular flexibility index (Phi) is 7.52. The molecule has 1 aliphatic heterocycles. The van der Waals surface area contributed by atoms with Gasteiger partial charge in [-0.15, -0.1) is 0 Å². The summed E-state index contributed by atoms with van der Waals surface area (Å²) in [5.41, 5.74) is 3.77. The van der Waals surface area contributed by atoms with Gasteiger partial charge in [-0.25, -0.2) is 0 Å². The fraction of sp³-hybridized carbons (Fsp3) is 0.433. The van der Waals surface area contributed by atoms with Crippen LogP contribution >= 0.6 is 15.9 Å². The number of hydrogen-bond donors (Lipinski definition) is 1. The number of methoxy groups -OCH3 is 1. The monoisotopic (exact) mass is 565 g/mol. The zero-order valence-electron chi connectivity index (χ0n) is 21.2. The molecule has 2 aromatic rings. The van der Waals surface area contributed by atoms with Crippen LogP contribution in [0.25, 0.3) is 0 Å². The Balaban J connectivity index is 1.58. The topological polar surface area (TPSA) is 85.2 Å². The van der Waals surface area contributed by atoms with Crippen LogP contribution in [-0.2, 0) is 14.3 Å². The van der Waals surface area contributed by atoms with Crippen molar-refractivity contribution in [3.05, 3.63) is 69.3 Å². The number of ether oxygens (including phenoxy) is 2. The highest BCUT2D eigenvalue weighted by molar-refractivity contribution is 9.10. The van der Waals surface area contributed by atoms with Gasteiger partial charge >= 0.3 is 5.97 Å². The quantitative estimate of drug-likeness (QED) is 0.412. The van der Waals surface area contributed by atoms with E-state index in [0.717, 1.165) is 43.4 Å². The van der Waals surface area contributed by atoms with Gasteiger partial charge in [0.1, 0.15) is 12.0 Å². The number of aliphatic imine (C=N–C) groups is 1. The minimum absolute atomic E-state index is 0.00464. The molecule has 3 atom stereocenters. The van der Waals surface area contributed by atoms with Gasteiger partial charge in [0, 0.05) is 29.3 Å². The highest BCUT2D eigenvalue weighted by Crippen LogP contribution is 2.49. The van der Waals surface area contributed by atoms with E-state index in [4.69, 9.17) is 14.5 Å². The van der Waals surface area contributed by atoms with Crippen LogP contribution in [0.2, 0.25) is 0 Å². The summed E-state index contributed by atoms with van der Waals surface area (Å²) in [4.78, 5) is 32.4. The van der Waals surface area contributed by atoms with Crippen LogP contribution in [0.4, 0.5) is 0 Å². The standard InChI is InChI=1S/C30H32BrNO5/c1-17-26(30(35)37-21-11-7-4-8-12-21)27(20-13-22(31)29(34)25(16-20)36-2)28-23(32-17)14-19(15-24(28)33)18-9-5-3-6-10-18/h3,5-6,9-10,13,16,19,21,26-27,34H,4,7-8,11-12,14-15H2,1-2H3/t19-,26?,27-/m1/s1. The van der Waals surface area contributed by atoms with Crippen LogP contribution in [0, 0.1) is 5.92 Å². The smallest absolute Gasteiger partial charge is 0.315 e. The lowest BCUT2D eigenvalue weighted by molar-refractivity contribution is -0.153. The molecule has 0 bridgehead atoms. The van der Waals surface area contributed by atoms with E-state index >= 15 is 0 Å². The van der Waals surface area contributed by atoms with Crippen molar-refractivity contribution in [3.8, 4) is 11.5 Å². The summed E-state index contributed by atoms with van der Waals surface area (Å²) < 4.78 is 11.9. The van der Waals surface area contributed by atoms with E-state index < -0.39 is 11.8 Å². The third-order valence-electron chi connectivity index (χ3n) is 7.88. The van der Waals surface area contributed by atoms with Crippen molar-refractivity contribution in [3.63, 3.8) is 0 Å². The Morgan fingerprint density at radius 1 is 1.05 bits per heavy atom. The molecule has 0 radical (unpaired) electrons. The Morgan fingerprint density at radius 2 is 1.78 bits per heavy atom. The van der Waals surface area contributed by atoms with E-state index in [1.807, 2.05) is 37.3 Å². The molecule has 1 heterocycles. The molecule has 1 unspecified atom stereocenters. The lowest BCUT2D eigenvalue weighted by Crippen LogP contribution is -2.39. The zero-order chi connectivity index (χ0) is 26.1. The molecule has 194 valence electrons. The third-order valence-corrected chi connectivity index (χ3v) is 8.48. The van der Waals surface area contributed by atoms with E-state index in [0.29, 0.717) is 34.2 Å². The van der Waals surface area contributed by atoms with Crippen molar-refractivity contribution in [1.29, 1.82) is 0 Å². The number of carbonyl (C=O) groups is 2. The molecule has 2 aromatic carbocycles. The Morgan fingerprint density at radius 3 is 2.49 bits per heavy atom. The molecular weight excluding hydrogens is 534 g/mol. The Bertz CT molecular complexity index is 1260. The number of phenols is 1. The fourth-order valence-electron chi connectivity index (χ4n) is 6.04. The van der Waals surface area contributed by atoms with E-state index in [2.05, 4.69) is 15.9 Å². The number of benzene rings is 2. The lowest BCUT2D eigenvalue weighted by atomic mass is 9.69. The largest absolute Gasteiger partial charge is 0.503 e. The number of rotatable bonds is 5. The van der Waals surface area contributed by atoms with Crippen LogP contribution < -0.4 is 4.74 Å². The van der Waals surface area contributed by atoms with E-state index in [1.54, 1.807) is 12.1 Å². The maximum absolute atomic E-state index is 13.8. The van der Waals surface area contributed by atoms with Crippen LogP contribution in [-0.4, -0.2) is 35.8 Å². The molecule has 1 saturated carbocycles. The van der Waals surface area contributed by atoms with Gasteiger partial charge in [-0.05, 0) is 84.1 Å². The molecule has 1 N–H and O–H groups in total. The van der Waals surface area contributed by atoms with Crippen molar-refractivity contribution >= 4 is 33.4 Å². The Hall–Kier alpha value is -2.93. The van der Waals surface area contributed by atoms with Gasteiger partial charge in [-0.3, -0.25) is 14.6 Å². The summed E-state index contributed by atoms with van der Waals surface area (Å²) in [6, 6.07) is 13.5. The molecule has 7 heteroatoms. The molecule has 0 spiro atoms. The maximum atomic E-state index is 13.8. The second-order valence-electron chi connectivity index (χ2n) is 10.3. The predicted octanol–water partition coefficient (Wildman–Crippen LogP) is 6.61. The van der Waals surface area contributed by atoms with Crippen molar-refractivity contribution < 1.29 is 24.2 Å². The molecular formula is C30H32BrNO5. The number of nitrogens with zero attached hydrogens (tertiary/aromatic N) is 1. The van der Waals surface area contributed by atoms with Gasteiger partial charge < -0.3 is 14.6 Å². The molecule has 1 fully saturated rings. The third kappa shape index (κ3) is 5.11. The highest BCUT2D eigenvalue weighted by Gasteiger charge is 2.45. The molecule has 2 aliphatic carbocycles. The summed E-state index contributed by atoms with van der Waals surface area (Å²) >= 11 is 3.42. The summed E-state index contributed by atoms with van der Waals surface area (Å²) in [7, 11) is 1.48. The Labute approximate surface area is 225 Å².